The van der Waals surface area contributed by atoms with Crippen LogP contribution >= 0.6 is 0 Å². The minimum atomic E-state index is -0.766. The van der Waals surface area contributed by atoms with Crippen LogP contribution < -0.4 is 10.6 Å². The topological polar surface area (TPSA) is 87.7 Å². The smallest absolute Gasteiger partial charge is 0.314 e. The van der Waals surface area contributed by atoms with Crippen molar-refractivity contribution >= 4 is 12.0 Å². The van der Waals surface area contributed by atoms with Gasteiger partial charge < -0.3 is 20.5 Å². The molecule has 3 N–H and O–H groups in total. The third-order valence-corrected chi connectivity index (χ3v) is 3.40. The summed E-state index contributed by atoms with van der Waals surface area (Å²) in [5, 5.41) is 14.0. The van der Waals surface area contributed by atoms with Crippen LogP contribution in [0.5, 0.6) is 0 Å². The number of ether oxygens (including phenoxy) is 1. The molecule has 2 amide bonds. The van der Waals surface area contributed by atoms with Gasteiger partial charge in [-0.25, -0.2) is 4.79 Å². The summed E-state index contributed by atoms with van der Waals surface area (Å²) in [6.45, 7) is 1.67. The molecule has 20 heavy (non-hydrogen) atoms. The summed E-state index contributed by atoms with van der Waals surface area (Å²) in [5.41, 5.74) is 0. The maximum absolute atomic E-state index is 11.4. The zero-order valence-corrected chi connectivity index (χ0v) is 12.0. The number of urea groups is 1. The van der Waals surface area contributed by atoms with Crippen molar-refractivity contribution in [1.82, 2.24) is 10.6 Å². The van der Waals surface area contributed by atoms with E-state index < -0.39 is 5.97 Å². The van der Waals surface area contributed by atoms with Gasteiger partial charge in [0.15, 0.2) is 0 Å². The Morgan fingerprint density at radius 3 is 2.45 bits per heavy atom. The van der Waals surface area contributed by atoms with Crippen molar-refractivity contribution in [2.24, 2.45) is 0 Å². The van der Waals surface area contributed by atoms with Gasteiger partial charge in [-0.1, -0.05) is 19.3 Å². The maximum Gasteiger partial charge on any atom is 0.314 e. The first-order chi connectivity index (χ1) is 9.68. The van der Waals surface area contributed by atoms with Crippen molar-refractivity contribution in [3.05, 3.63) is 0 Å². The van der Waals surface area contributed by atoms with Crippen LogP contribution in [-0.4, -0.2) is 42.9 Å². The van der Waals surface area contributed by atoms with Gasteiger partial charge in [0.1, 0.15) is 0 Å². The highest BCUT2D eigenvalue weighted by Gasteiger charge is 2.14. The number of carbonyl (C=O) groups excluding carboxylic acids is 1. The Morgan fingerprint density at radius 2 is 1.75 bits per heavy atom. The molecule has 0 aromatic rings. The monoisotopic (exact) mass is 286 g/mol. The van der Waals surface area contributed by atoms with E-state index in [9.17, 15) is 9.59 Å². The zero-order chi connectivity index (χ0) is 14.6. The molecule has 0 aliphatic heterocycles. The molecule has 6 nitrogen and oxygen atoms in total. The second-order valence-corrected chi connectivity index (χ2v) is 5.16. The third kappa shape index (κ3) is 8.74. The van der Waals surface area contributed by atoms with E-state index in [0.717, 1.165) is 25.7 Å². The average molecular weight is 286 g/mol. The summed E-state index contributed by atoms with van der Waals surface area (Å²) in [6.07, 6.45) is 7.65. The number of unbranched alkanes of at least 4 members (excludes halogenated alkanes) is 2. The summed E-state index contributed by atoms with van der Waals surface area (Å²) in [4.78, 5) is 21.7. The van der Waals surface area contributed by atoms with Crippen molar-refractivity contribution in [2.75, 3.05) is 19.7 Å². The number of rotatable bonds is 10. The van der Waals surface area contributed by atoms with Crippen molar-refractivity contribution in [1.29, 1.82) is 0 Å². The molecule has 1 aliphatic carbocycles. The molecule has 1 fully saturated rings. The molecule has 0 bridgehead atoms. The summed E-state index contributed by atoms with van der Waals surface area (Å²) >= 11 is 0. The molecule has 0 aromatic carbocycles. The summed E-state index contributed by atoms with van der Waals surface area (Å²) in [6, 6.07) is -0.182. The SMILES string of the molecule is O=C(O)CCCCCNC(=O)NCCOC1CCCC1. The molecule has 0 radical (unpaired) electrons. The molecule has 116 valence electrons. The first-order valence-corrected chi connectivity index (χ1v) is 7.53. The number of carboxylic acids is 1. The van der Waals surface area contributed by atoms with Crippen molar-refractivity contribution < 1.29 is 19.4 Å². The molecule has 0 aromatic heterocycles. The fourth-order valence-electron chi connectivity index (χ4n) is 2.29. The summed E-state index contributed by atoms with van der Waals surface area (Å²) in [7, 11) is 0. The Balaban J connectivity index is 1.83. The third-order valence-electron chi connectivity index (χ3n) is 3.40. The van der Waals surface area contributed by atoms with Gasteiger partial charge in [0, 0.05) is 19.5 Å². The molecule has 1 rings (SSSR count). The van der Waals surface area contributed by atoms with E-state index in [-0.39, 0.29) is 12.5 Å². The van der Waals surface area contributed by atoms with Crippen LogP contribution in [0.25, 0.3) is 0 Å². The minimum absolute atomic E-state index is 0.182. The van der Waals surface area contributed by atoms with Gasteiger partial charge in [0.25, 0.3) is 0 Å². The molecular weight excluding hydrogens is 260 g/mol. The normalized spacial score (nSPS) is 15.2. The molecule has 1 aliphatic rings. The van der Waals surface area contributed by atoms with Crippen LogP contribution in [0, 0.1) is 0 Å². The second kappa shape index (κ2) is 10.5. The predicted molar refractivity (Wildman–Crippen MR) is 75.7 cm³/mol. The summed E-state index contributed by atoms with van der Waals surface area (Å²) < 4.78 is 5.64. The van der Waals surface area contributed by atoms with Crippen molar-refractivity contribution in [3.63, 3.8) is 0 Å². The number of amides is 2. The van der Waals surface area contributed by atoms with Crippen LogP contribution in [0.2, 0.25) is 0 Å². The first-order valence-electron chi connectivity index (χ1n) is 7.53. The summed E-state index contributed by atoms with van der Waals surface area (Å²) in [5.74, 6) is -0.766. The lowest BCUT2D eigenvalue weighted by atomic mass is 10.2. The standard InChI is InChI=1S/C14H26N2O4/c17-13(18)8-2-1-5-9-15-14(19)16-10-11-20-12-6-3-4-7-12/h12H,1-11H2,(H,17,18)(H2,15,16,19). The van der Waals surface area contributed by atoms with E-state index in [0.29, 0.717) is 32.2 Å². The van der Waals surface area contributed by atoms with Crippen LogP contribution in [0.1, 0.15) is 51.4 Å². The van der Waals surface area contributed by atoms with Crippen molar-refractivity contribution in [2.45, 2.75) is 57.5 Å². The first kappa shape index (κ1) is 16.8. The second-order valence-electron chi connectivity index (χ2n) is 5.16. The molecule has 1 saturated carbocycles. The van der Waals surface area contributed by atoms with Crippen LogP contribution in [0.3, 0.4) is 0 Å². The van der Waals surface area contributed by atoms with E-state index in [1.165, 1.54) is 12.8 Å². The predicted octanol–water partition coefficient (Wildman–Crippen LogP) is 1.89. The highest BCUT2D eigenvalue weighted by atomic mass is 16.5. The molecular formula is C14H26N2O4. The zero-order valence-electron chi connectivity index (χ0n) is 12.0. The van der Waals surface area contributed by atoms with Gasteiger partial charge in [0.05, 0.1) is 12.7 Å². The van der Waals surface area contributed by atoms with E-state index in [1.54, 1.807) is 0 Å². The number of carboxylic acid groups (broad SMARTS) is 1. The molecule has 0 unspecified atom stereocenters. The Morgan fingerprint density at radius 1 is 1.05 bits per heavy atom. The lowest BCUT2D eigenvalue weighted by molar-refractivity contribution is -0.137. The number of hydrogen-bond donors (Lipinski definition) is 3. The van der Waals surface area contributed by atoms with E-state index in [2.05, 4.69) is 10.6 Å². The van der Waals surface area contributed by atoms with Gasteiger partial charge >= 0.3 is 12.0 Å². The lowest BCUT2D eigenvalue weighted by Gasteiger charge is -2.12. The Kier molecular flexibility index (Phi) is 8.78. The van der Waals surface area contributed by atoms with Crippen LogP contribution in [-0.2, 0) is 9.53 Å². The molecule has 0 heterocycles. The quantitative estimate of drug-likeness (QED) is 0.535. The molecule has 6 heteroatoms. The number of carbonyl (C=O) groups is 2. The highest BCUT2D eigenvalue weighted by Crippen LogP contribution is 2.20. The Hall–Kier alpha value is -1.30. The van der Waals surface area contributed by atoms with Gasteiger partial charge in [-0.15, -0.1) is 0 Å². The highest BCUT2D eigenvalue weighted by molar-refractivity contribution is 5.73. The van der Waals surface area contributed by atoms with Gasteiger partial charge in [0.2, 0.25) is 0 Å². The van der Waals surface area contributed by atoms with Crippen LogP contribution in [0.15, 0.2) is 0 Å². The van der Waals surface area contributed by atoms with E-state index in [4.69, 9.17) is 9.84 Å². The number of nitrogens with one attached hydrogen (secondary N) is 2. The largest absolute Gasteiger partial charge is 0.481 e. The van der Waals surface area contributed by atoms with E-state index in [1.807, 2.05) is 0 Å². The maximum atomic E-state index is 11.4. The lowest BCUT2D eigenvalue weighted by Crippen LogP contribution is -2.38. The fraction of sp³-hybridized carbons (Fsp3) is 0.857. The number of aliphatic carboxylic acids is 1. The average Bonchev–Trinajstić information content (AvgIpc) is 2.91. The molecule has 0 atom stereocenters. The minimum Gasteiger partial charge on any atom is -0.481 e. The van der Waals surface area contributed by atoms with E-state index >= 15 is 0 Å². The Bertz CT molecular complexity index is 291. The van der Waals surface area contributed by atoms with Gasteiger partial charge in [-0.05, 0) is 25.7 Å². The van der Waals surface area contributed by atoms with Crippen LogP contribution in [0.4, 0.5) is 4.79 Å². The van der Waals surface area contributed by atoms with Gasteiger partial charge in [-0.2, -0.15) is 0 Å². The molecule has 0 spiro atoms. The van der Waals surface area contributed by atoms with Crippen molar-refractivity contribution in [3.8, 4) is 0 Å². The molecule has 0 saturated heterocycles. The van der Waals surface area contributed by atoms with Gasteiger partial charge in [-0.3, -0.25) is 4.79 Å². The Labute approximate surface area is 120 Å². The fourth-order valence-corrected chi connectivity index (χ4v) is 2.29. The number of hydrogen-bond acceptors (Lipinski definition) is 3.